The Balaban J connectivity index is 0.802. The van der Waals surface area contributed by atoms with Crippen molar-refractivity contribution in [2.24, 2.45) is 5.92 Å². The SMILES string of the molecule is COc1cc(C(=O)NC2CCN(C(=O)C(C)CC(C)OCCNc3cccc4c3C(=O)N(C3CCC(=O)NC3=O)C4=O)CC2)c(F)cc1Nc1ncc2c(n1)N(C1CCCC1)CC(F)(F)C(=O)N2C. The zero-order chi connectivity index (χ0) is 49.3. The number of aromatic nitrogens is 2. The van der Waals surface area contributed by atoms with E-state index in [2.05, 4.69) is 31.2 Å². The molecule has 2 saturated heterocycles. The van der Waals surface area contributed by atoms with Gasteiger partial charge in [-0.15, -0.1) is 0 Å². The number of ether oxygens (including phenoxy) is 2. The molecule has 7 amide bonds. The third-order valence-electron chi connectivity index (χ3n) is 13.5. The number of alkyl halides is 2. The lowest BCUT2D eigenvalue weighted by molar-refractivity contribution is -0.140. The van der Waals surface area contributed by atoms with Gasteiger partial charge in [0.15, 0.2) is 5.82 Å². The number of imide groups is 2. The fourth-order valence-electron chi connectivity index (χ4n) is 9.81. The smallest absolute Gasteiger partial charge is 0.342 e. The summed E-state index contributed by atoms with van der Waals surface area (Å²) in [6, 6.07) is 5.43. The van der Waals surface area contributed by atoms with Gasteiger partial charge in [0.2, 0.25) is 23.7 Å². The largest absolute Gasteiger partial charge is 0.495 e. The van der Waals surface area contributed by atoms with Gasteiger partial charge in [0.25, 0.3) is 23.6 Å². The maximum absolute atomic E-state index is 15.7. The molecule has 0 bridgehead atoms. The average Bonchev–Trinajstić information content (AvgIpc) is 3.94. The van der Waals surface area contributed by atoms with Crippen LogP contribution < -0.4 is 35.8 Å². The van der Waals surface area contributed by atoms with Crippen molar-refractivity contribution in [1.82, 2.24) is 30.4 Å². The maximum Gasteiger partial charge on any atom is 0.342 e. The number of methoxy groups -OCH3 is 1. The zero-order valence-corrected chi connectivity index (χ0v) is 38.7. The van der Waals surface area contributed by atoms with Gasteiger partial charge in [-0.05, 0) is 63.6 Å². The van der Waals surface area contributed by atoms with Crippen molar-refractivity contribution in [3.63, 3.8) is 0 Å². The highest BCUT2D eigenvalue weighted by atomic mass is 19.3. The normalized spacial score (nSPS) is 20.6. The van der Waals surface area contributed by atoms with Crippen molar-refractivity contribution in [2.75, 3.05) is 67.4 Å². The molecule has 8 rings (SSSR count). The lowest BCUT2D eigenvalue weighted by atomic mass is 9.99. The molecule has 2 aromatic carbocycles. The number of piperidine rings is 2. The summed E-state index contributed by atoms with van der Waals surface area (Å²) in [4.78, 5) is 104. The highest BCUT2D eigenvalue weighted by Gasteiger charge is 2.49. The van der Waals surface area contributed by atoms with Gasteiger partial charge in [-0.3, -0.25) is 43.8 Å². The summed E-state index contributed by atoms with van der Waals surface area (Å²) >= 11 is 0. The topological polar surface area (TPSA) is 225 Å². The Morgan fingerprint density at radius 1 is 0.986 bits per heavy atom. The van der Waals surface area contributed by atoms with Gasteiger partial charge in [0.1, 0.15) is 23.3 Å². The number of hydrogen-bond donors (Lipinski definition) is 4. The monoisotopic (exact) mass is 960 g/mol. The quantitative estimate of drug-likeness (QED) is 0.123. The molecule has 5 aliphatic rings. The Morgan fingerprint density at radius 2 is 1.72 bits per heavy atom. The Hall–Kier alpha value is -6.84. The van der Waals surface area contributed by atoms with E-state index in [1.54, 1.807) is 17.0 Å². The number of halogens is 3. The molecule has 4 N–H and O–H groups in total. The molecule has 3 fully saturated rings. The van der Waals surface area contributed by atoms with Crippen LogP contribution >= 0.6 is 0 Å². The lowest BCUT2D eigenvalue weighted by Crippen LogP contribution is -2.54. The average molecular weight is 961 g/mol. The molecule has 19 nitrogen and oxygen atoms in total. The number of carbonyl (C=O) groups is 7. The van der Waals surface area contributed by atoms with Crippen molar-refractivity contribution in [3.8, 4) is 5.75 Å². The van der Waals surface area contributed by atoms with Crippen LogP contribution in [0.15, 0.2) is 36.5 Å². The third-order valence-corrected chi connectivity index (χ3v) is 13.5. The van der Waals surface area contributed by atoms with E-state index in [9.17, 15) is 33.6 Å². The molecule has 3 atom stereocenters. The Labute approximate surface area is 395 Å². The summed E-state index contributed by atoms with van der Waals surface area (Å²) in [7, 11) is 2.59. The van der Waals surface area contributed by atoms with Crippen LogP contribution in [-0.2, 0) is 23.9 Å². The molecule has 368 valence electrons. The lowest BCUT2D eigenvalue weighted by Gasteiger charge is -2.34. The minimum Gasteiger partial charge on any atom is -0.495 e. The number of fused-ring (bicyclic) bond motifs is 2. The second kappa shape index (κ2) is 20.0. The first-order valence-corrected chi connectivity index (χ1v) is 23.2. The number of benzene rings is 2. The number of rotatable bonds is 15. The van der Waals surface area contributed by atoms with Gasteiger partial charge in [0.05, 0.1) is 54.9 Å². The maximum atomic E-state index is 15.7. The van der Waals surface area contributed by atoms with Crippen molar-refractivity contribution < 1.29 is 56.2 Å². The van der Waals surface area contributed by atoms with Crippen LogP contribution in [0.2, 0.25) is 0 Å². The predicted molar refractivity (Wildman–Crippen MR) is 244 cm³/mol. The third kappa shape index (κ3) is 10.0. The fourth-order valence-corrected chi connectivity index (χ4v) is 9.81. The number of amides is 7. The molecule has 0 spiro atoms. The highest BCUT2D eigenvalue weighted by molar-refractivity contribution is 6.25. The standard InChI is InChI=1S/C47H55F3N10O9/c1-25(20-26(2)69-19-16-51-32-11-7-10-29-38(32)44(66)60(43(29)65)34-12-13-37(61)55-41(34)63)42(64)58-17-14-27(15-18-58)53-40(62)30-21-36(68-4)33(22-31(30)48)54-46-52-23-35-39(56-46)59(28-8-5-6-9-28)24-47(49,50)45(67)57(35)3/h7,10-11,21-23,25-28,34,51H,5-6,8-9,12-20,24H2,1-4H3,(H,53,62)(H,52,54,56)(H,55,61,63). The summed E-state index contributed by atoms with van der Waals surface area (Å²) in [5.41, 5.74) is 0.630. The first-order valence-electron chi connectivity index (χ1n) is 23.2. The molecule has 5 heterocycles. The van der Waals surface area contributed by atoms with Crippen LogP contribution in [-0.4, -0.2) is 138 Å². The van der Waals surface area contributed by atoms with Gasteiger partial charge in [0, 0.05) is 62.9 Å². The van der Waals surface area contributed by atoms with Crippen LogP contribution in [0.5, 0.6) is 5.75 Å². The van der Waals surface area contributed by atoms with Crippen LogP contribution in [0.1, 0.15) is 103 Å². The number of nitrogens with one attached hydrogen (secondary N) is 4. The molecular weight excluding hydrogens is 906 g/mol. The number of carbonyl (C=O) groups excluding carboxylic acids is 7. The minimum atomic E-state index is -3.66. The second-order valence-corrected chi connectivity index (χ2v) is 18.2. The first kappa shape index (κ1) is 48.6. The van der Waals surface area contributed by atoms with E-state index in [4.69, 9.17) is 9.47 Å². The fraction of sp³-hybridized carbons (Fsp3) is 0.511. The summed E-state index contributed by atoms with van der Waals surface area (Å²) in [6.07, 6.45) is 5.35. The van der Waals surface area contributed by atoms with E-state index in [1.807, 2.05) is 13.8 Å². The van der Waals surface area contributed by atoms with Crippen molar-refractivity contribution in [3.05, 3.63) is 59.0 Å². The number of nitrogens with zero attached hydrogens (tertiary/aromatic N) is 6. The second-order valence-electron chi connectivity index (χ2n) is 18.2. The molecule has 0 radical (unpaired) electrons. The minimum absolute atomic E-state index is 0.0192. The zero-order valence-electron chi connectivity index (χ0n) is 38.7. The van der Waals surface area contributed by atoms with Crippen LogP contribution in [0.25, 0.3) is 0 Å². The van der Waals surface area contributed by atoms with E-state index in [0.29, 0.717) is 50.9 Å². The summed E-state index contributed by atoms with van der Waals surface area (Å²) in [6.45, 7) is 4.06. The van der Waals surface area contributed by atoms with Crippen molar-refractivity contribution in [1.29, 1.82) is 0 Å². The summed E-state index contributed by atoms with van der Waals surface area (Å²) in [5, 5.41) is 11.1. The van der Waals surface area contributed by atoms with Crippen molar-refractivity contribution in [2.45, 2.75) is 102 Å². The molecule has 1 aliphatic carbocycles. The Morgan fingerprint density at radius 3 is 2.43 bits per heavy atom. The summed E-state index contributed by atoms with van der Waals surface area (Å²) in [5.74, 6) is -9.20. The molecule has 69 heavy (non-hydrogen) atoms. The molecule has 3 unspecified atom stereocenters. The van der Waals surface area contributed by atoms with Crippen LogP contribution in [0, 0.1) is 11.7 Å². The molecule has 1 aromatic heterocycles. The first-order chi connectivity index (χ1) is 32.9. The molecule has 3 aromatic rings. The Kier molecular flexibility index (Phi) is 14.1. The van der Waals surface area contributed by atoms with E-state index < -0.39 is 59.8 Å². The van der Waals surface area contributed by atoms with Crippen molar-refractivity contribution >= 4 is 70.2 Å². The molecule has 4 aliphatic heterocycles. The van der Waals surface area contributed by atoms with Crippen LogP contribution in [0.3, 0.4) is 0 Å². The number of anilines is 5. The molecular formula is C47H55F3N10O9. The Bertz CT molecular complexity index is 2550. The van der Waals surface area contributed by atoms with Crippen LogP contribution in [0.4, 0.5) is 42.0 Å². The summed E-state index contributed by atoms with van der Waals surface area (Å²) < 4.78 is 57.3. The van der Waals surface area contributed by atoms with Gasteiger partial charge >= 0.3 is 5.92 Å². The number of likely N-dealkylation sites (tertiary alicyclic amines) is 1. The van der Waals surface area contributed by atoms with Gasteiger partial charge < -0.3 is 40.1 Å². The highest BCUT2D eigenvalue weighted by Crippen LogP contribution is 2.40. The van der Waals surface area contributed by atoms with E-state index >= 15 is 13.2 Å². The van der Waals surface area contributed by atoms with Gasteiger partial charge in [-0.25, -0.2) is 9.37 Å². The van der Waals surface area contributed by atoms with E-state index in [-0.39, 0.29) is 102 Å². The predicted octanol–water partition coefficient (Wildman–Crippen LogP) is 4.39. The molecule has 22 heteroatoms. The van der Waals surface area contributed by atoms with E-state index in [0.717, 1.165) is 28.7 Å². The number of hydrogen-bond acceptors (Lipinski definition) is 14. The van der Waals surface area contributed by atoms with Gasteiger partial charge in [-0.1, -0.05) is 25.8 Å². The molecule has 1 saturated carbocycles. The van der Waals surface area contributed by atoms with Gasteiger partial charge in [-0.2, -0.15) is 13.8 Å². The van der Waals surface area contributed by atoms with E-state index in [1.165, 1.54) is 37.4 Å².